The van der Waals surface area contributed by atoms with Crippen LogP contribution in [0.15, 0.2) is 18.2 Å². The maximum atomic E-state index is 13.6. The van der Waals surface area contributed by atoms with Crippen LogP contribution in [0.5, 0.6) is 0 Å². The van der Waals surface area contributed by atoms with E-state index in [1.807, 2.05) is 0 Å². The fraction of sp³-hybridized carbons (Fsp3) is 0.400. The number of nitrogens with two attached hydrogens (primary N) is 1. The minimum absolute atomic E-state index is 0.114. The molecule has 0 heterocycles. The van der Waals surface area contributed by atoms with Crippen molar-refractivity contribution in [2.24, 2.45) is 11.7 Å². The number of halogens is 2. The van der Waals surface area contributed by atoms with Gasteiger partial charge in [0.05, 0.1) is 18.1 Å². The van der Waals surface area contributed by atoms with Gasteiger partial charge in [0.1, 0.15) is 6.04 Å². The third kappa shape index (κ3) is 5.01. The normalized spacial score (nSPS) is 13.0. The van der Waals surface area contributed by atoms with Crippen molar-refractivity contribution in [2.45, 2.75) is 26.3 Å². The molecule has 0 radical (unpaired) electrons. The lowest BCUT2D eigenvalue weighted by Crippen LogP contribution is -2.46. The zero-order chi connectivity index (χ0) is 17.6. The van der Waals surface area contributed by atoms with E-state index in [0.717, 1.165) is 18.2 Å². The second-order valence-electron chi connectivity index (χ2n) is 4.92. The molecule has 8 heteroatoms. The van der Waals surface area contributed by atoms with Crippen LogP contribution < -0.4 is 11.1 Å². The highest BCUT2D eigenvalue weighted by Crippen LogP contribution is 2.13. The average molecular weight is 328 g/mol. The van der Waals surface area contributed by atoms with Gasteiger partial charge in [0.15, 0.2) is 11.6 Å². The Bertz CT molecular complexity index is 607. The van der Waals surface area contributed by atoms with Crippen molar-refractivity contribution in [1.82, 2.24) is 5.32 Å². The molecule has 2 amide bonds. The Morgan fingerprint density at radius 2 is 1.96 bits per heavy atom. The summed E-state index contributed by atoms with van der Waals surface area (Å²) in [6.45, 7) is 3.30. The van der Waals surface area contributed by atoms with Crippen molar-refractivity contribution in [3.05, 3.63) is 35.4 Å². The molecule has 6 nitrogen and oxygen atoms in total. The van der Waals surface area contributed by atoms with Gasteiger partial charge in [-0.3, -0.25) is 14.4 Å². The van der Waals surface area contributed by atoms with Crippen LogP contribution >= 0.6 is 0 Å². The minimum Gasteiger partial charge on any atom is -0.466 e. The average Bonchev–Trinajstić information content (AvgIpc) is 2.49. The summed E-state index contributed by atoms with van der Waals surface area (Å²) in [5, 5.41) is 2.20. The highest BCUT2D eigenvalue weighted by molar-refractivity contribution is 5.97. The van der Waals surface area contributed by atoms with Gasteiger partial charge >= 0.3 is 5.97 Å². The molecule has 0 saturated carbocycles. The van der Waals surface area contributed by atoms with Gasteiger partial charge in [-0.1, -0.05) is 13.0 Å². The molecule has 0 aliphatic heterocycles. The van der Waals surface area contributed by atoms with Gasteiger partial charge in [0.25, 0.3) is 5.91 Å². The molecule has 2 atom stereocenters. The van der Waals surface area contributed by atoms with Crippen LogP contribution in [0.25, 0.3) is 0 Å². The van der Waals surface area contributed by atoms with Gasteiger partial charge in [0, 0.05) is 0 Å². The first-order valence-corrected chi connectivity index (χ1v) is 6.98. The number of nitrogens with one attached hydrogen (secondary N) is 1. The molecule has 126 valence electrons. The maximum absolute atomic E-state index is 13.6. The van der Waals surface area contributed by atoms with Gasteiger partial charge in [0.2, 0.25) is 5.91 Å². The Morgan fingerprint density at radius 1 is 1.30 bits per heavy atom. The first-order valence-electron chi connectivity index (χ1n) is 6.98. The fourth-order valence-corrected chi connectivity index (χ4v) is 1.90. The second-order valence-corrected chi connectivity index (χ2v) is 4.92. The van der Waals surface area contributed by atoms with E-state index in [0.29, 0.717) is 0 Å². The molecule has 1 aromatic carbocycles. The predicted octanol–water partition coefficient (Wildman–Crippen LogP) is 1.14. The van der Waals surface area contributed by atoms with E-state index in [-0.39, 0.29) is 13.0 Å². The zero-order valence-corrected chi connectivity index (χ0v) is 12.8. The van der Waals surface area contributed by atoms with Crippen LogP contribution in [0, 0.1) is 17.6 Å². The van der Waals surface area contributed by atoms with Crippen LogP contribution in [0.4, 0.5) is 8.78 Å². The largest absolute Gasteiger partial charge is 0.466 e. The van der Waals surface area contributed by atoms with Crippen LogP contribution in [0.2, 0.25) is 0 Å². The molecular weight excluding hydrogens is 310 g/mol. The summed E-state index contributed by atoms with van der Waals surface area (Å²) in [6, 6.07) is 1.87. The Labute approximate surface area is 132 Å². The molecule has 3 N–H and O–H groups in total. The standard InChI is InChI=1S/C15H18F2N2O4/c1-3-23-15(22)8(2)7-11(13(18)20)19-14(21)9-5-4-6-10(16)12(9)17/h4-6,8,11H,3,7H2,1-2H3,(H2,18,20)(H,19,21)/t8-,11+/m0/s1. The highest BCUT2D eigenvalue weighted by atomic mass is 19.2. The number of carbonyl (C=O) groups excluding carboxylic acids is 3. The molecule has 0 bridgehead atoms. The monoisotopic (exact) mass is 328 g/mol. The Kier molecular flexibility index (Phi) is 6.62. The molecule has 0 aliphatic carbocycles. The van der Waals surface area contributed by atoms with Crippen LogP contribution in [-0.4, -0.2) is 30.4 Å². The van der Waals surface area contributed by atoms with Crippen molar-refractivity contribution in [2.75, 3.05) is 6.61 Å². The maximum Gasteiger partial charge on any atom is 0.308 e. The fourth-order valence-electron chi connectivity index (χ4n) is 1.90. The first-order chi connectivity index (χ1) is 10.8. The number of esters is 1. The lowest BCUT2D eigenvalue weighted by molar-refractivity contribution is -0.147. The van der Waals surface area contributed by atoms with Crippen LogP contribution in [-0.2, 0) is 14.3 Å². The molecule has 1 rings (SSSR count). The number of hydrogen-bond donors (Lipinski definition) is 2. The highest BCUT2D eigenvalue weighted by Gasteiger charge is 2.26. The smallest absolute Gasteiger partial charge is 0.308 e. The molecule has 0 fully saturated rings. The van der Waals surface area contributed by atoms with E-state index >= 15 is 0 Å². The summed E-state index contributed by atoms with van der Waals surface area (Å²) < 4.78 is 31.5. The van der Waals surface area contributed by atoms with Crippen molar-refractivity contribution in [1.29, 1.82) is 0 Å². The molecule has 1 aromatic rings. The summed E-state index contributed by atoms with van der Waals surface area (Å²) in [5.41, 5.74) is 4.62. The summed E-state index contributed by atoms with van der Waals surface area (Å²) in [7, 11) is 0. The van der Waals surface area contributed by atoms with Crippen molar-refractivity contribution in [3.63, 3.8) is 0 Å². The molecule has 0 saturated heterocycles. The van der Waals surface area contributed by atoms with Gasteiger partial charge < -0.3 is 15.8 Å². The van der Waals surface area contributed by atoms with E-state index in [1.165, 1.54) is 6.92 Å². The summed E-state index contributed by atoms with van der Waals surface area (Å²) in [5.74, 6) is -5.66. The van der Waals surface area contributed by atoms with Crippen molar-refractivity contribution >= 4 is 17.8 Å². The van der Waals surface area contributed by atoms with Crippen molar-refractivity contribution < 1.29 is 27.9 Å². The third-order valence-electron chi connectivity index (χ3n) is 3.12. The Balaban J connectivity index is 2.84. The van der Waals surface area contributed by atoms with E-state index in [9.17, 15) is 23.2 Å². The second kappa shape index (κ2) is 8.21. The van der Waals surface area contributed by atoms with Crippen LogP contribution in [0.1, 0.15) is 30.6 Å². The van der Waals surface area contributed by atoms with E-state index in [4.69, 9.17) is 10.5 Å². The number of rotatable bonds is 7. The minimum atomic E-state index is -1.33. The molecule has 0 aromatic heterocycles. The number of benzene rings is 1. The lowest BCUT2D eigenvalue weighted by Gasteiger charge is -2.19. The molecular formula is C15H18F2N2O4. The van der Waals surface area contributed by atoms with Crippen LogP contribution in [0.3, 0.4) is 0 Å². The quantitative estimate of drug-likeness (QED) is 0.733. The number of amides is 2. The number of ether oxygens (including phenoxy) is 1. The van der Waals surface area contributed by atoms with Gasteiger partial charge in [-0.25, -0.2) is 8.78 Å². The van der Waals surface area contributed by atoms with Crippen molar-refractivity contribution in [3.8, 4) is 0 Å². The Morgan fingerprint density at radius 3 is 2.52 bits per heavy atom. The van der Waals surface area contributed by atoms with Gasteiger partial charge in [-0.15, -0.1) is 0 Å². The molecule has 0 unspecified atom stereocenters. The number of primary amides is 1. The van der Waals surface area contributed by atoms with Gasteiger partial charge in [-0.2, -0.15) is 0 Å². The Hall–Kier alpha value is -2.51. The first kappa shape index (κ1) is 18.5. The lowest BCUT2D eigenvalue weighted by atomic mass is 10.0. The summed E-state index contributed by atoms with van der Waals surface area (Å²) in [6.07, 6.45) is -0.114. The van der Waals surface area contributed by atoms with Gasteiger partial charge in [-0.05, 0) is 25.5 Å². The summed E-state index contributed by atoms with van der Waals surface area (Å²) in [4.78, 5) is 34.9. The van der Waals surface area contributed by atoms with E-state index < -0.39 is 46.9 Å². The predicted molar refractivity (Wildman–Crippen MR) is 77.2 cm³/mol. The molecule has 0 aliphatic rings. The zero-order valence-electron chi connectivity index (χ0n) is 12.8. The number of carbonyl (C=O) groups is 3. The van der Waals surface area contributed by atoms with E-state index in [2.05, 4.69) is 5.32 Å². The molecule has 0 spiro atoms. The number of hydrogen-bond acceptors (Lipinski definition) is 4. The summed E-state index contributed by atoms with van der Waals surface area (Å²) >= 11 is 0. The SMILES string of the molecule is CCOC(=O)[C@@H](C)C[C@@H](NC(=O)c1cccc(F)c1F)C(N)=O. The van der Waals surface area contributed by atoms with E-state index in [1.54, 1.807) is 6.92 Å². The molecule has 23 heavy (non-hydrogen) atoms. The third-order valence-corrected chi connectivity index (χ3v) is 3.12. The topological polar surface area (TPSA) is 98.5 Å².